The summed E-state index contributed by atoms with van der Waals surface area (Å²) in [6.07, 6.45) is 0.560. The van der Waals surface area contributed by atoms with Crippen LogP contribution in [0.25, 0.3) is 0 Å². The van der Waals surface area contributed by atoms with E-state index in [0.717, 1.165) is 18.7 Å². The van der Waals surface area contributed by atoms with Gasteiger partial charge in [0, 0.05) is 12.6 Å². The Kier molecular flexibility index (Phi) is 4.37. The number of aryl methyl sites for hydroxylation is 1. The fourth-order valence-corrected chi connectivity index (χ4v) is 3.55. The lowest BCUT2D eigenvalue weighted by molar-refractivity contribution is 0.502. The van der Waals surface area contributed by atoms with Crippen molar-refractivity contribution in [2.75, 3.05) is 18.8 Å². The van der Waals surface area contributed by atoms with E-state index in [4.69, 9.17) is 0 Å². The second kappa shape index (κ2) is 5.82. The van der Waals surface area contributed by atoms with E-state index < -0.39 is 10.0 Å². The van der Waals surface area contributed by atoms with Crippen LogP contribution >= 0.6 is 0 Å². The van der Waals surface area contributed by atoms with E-state index in [2.05, 4.69) is 17.0 Å². The molecule has 2 N–H and O–H groups in total. The molecule has 0 spiro atoms. The third kappa shape index (κ3) is 3.80. The van der Waals surface area contributed by atoms with E-state index in [9.17, 15) is 8.42 Å². The van der Waals surface area contributed by atoms with Crippen molar-refractivity contribution in [2.45, 2.75) is 19.4 Å². The predicted molar refractivity (Wildman–Crippen MR) is 72.9 cm³/mol. The standard InChI is InChI=1S/C13H20N2O2S/c1-11-9-14-10-13(11)15-18(16,17)8-7-12-5-3-2-4-6-12/h2-6,11,13-15H,7-10H2,1H3. The summed E-state index contributed by atoms with van der Waals surface area (Å²) < 4.78 is 26.7. The monoisotopic (exact) mass is 268 g/mol. The number of hydrogen-bond donors (Lipinski definition) is 2. The number of hydrogen-bond acceptors (Lipinski definition) is 3. The summed E-state index contributed by atoms with van der Waals surface area (Å²) >= 11 is 0. The minimum atomic E-state index is -3.19. The van der Waals surface area contributed by atoms with Crippen molar-refractivity contribution in [3.63, 3.8) is 0 Å². The van der Waals surface area contributed by atoms with Crippen LogP contribution in [0.5, 0.6) is 0 Å². The quantitative estimate of drug-likeness (QED) is 0.829. The average Bonchev–Trinajstić information content (AvgIpc) is 2.73. The van der Waals surface area contributed by atoms with Crippen molar-refractivity contribution in [3.05, 3.63) is 35.9 Å². The van der Waals surface area contributed by atoms with Gasteiger partial charge in [-0.05, 0) is 24.4 Å². The molecule has 2 unspecified atom stereocenters. The van der Waals surface area contributed by atoms with Gasteiger partial charge in [0.25, 0.3) is 0 Å². The van der Waals surface area contributed by atoms with Crippen LogP contribution < -0.4 is 10.0 Å². The van der Waals surface area contributed by atoms with Gasteiger partial charge in [-0.3, -0.25) is 0 Å². The number of nitrogens with one attached hydrogen (secondary N) is 2. The SMILES string of the molecule is CC1CNCC1NS(=O)(=O)CCc1ccccc1. The van der Waals surface area contributed by atoms with E-state index in [1.165, 1.54) is 0 Å². The lowest BCUT2D eigenvalue weighted by atomic mass is 10.1. The number of benzene rings is 1. The van der Waals surface area contributed by atoms with E-state index in [0.29, 0.717) is 12.3 Å². The van der Waals surface area contributed by atoms with Gasteiger partial charge in [0.15, 0.2) is 0 Å². The van der Waals surface area contributed by atoms with Crippen molar-refractivity contribution in [1.82, 2.24) is 10.0 Å². The summed E-state index contributed by atoms with van der Waals surface area (Å²) in [5, 5.41) is 3.19. The zero-order valence-electron chi connectivity index (χ0n) is 10.6. The maximum absolute atomic E-state index is 12.0. The molecule has 0 radical (unpaired) electrons. The third-order valence-corrected chi connectivity index (χ3v) is 4.75. The van der Waals surface area contributed by atoms with Crippen molar-refractivity contribution >= 4 is 10.0 Å². The summed E-state index contributed by atoms with van der Waals surface area (Å²) in [6, 6.07) is 9.73. The molecule has 1 aromatic rings. The first-order valence-corrected chi connectivity index (χ1v) is 7.97. The summed E-state index contributed by atoms with van der Waals surface area (Å²) in [4.78, 5) is 0. The molecule has 0 bridgehead atoms. The Labute approximate surface area is 109 Å². The Morgan fingerprint density at radius 2 is 2.00 bits per heavy atom. The van der Waals surface area contributed by atoms with Crippen molar-refractivity contribution in [2.24, 2.45) is 5.92 Å². The zero-order valence-corrected chi connectivity index (χ0v) is 11.4. The third-order valence-electron chi connectivity index (χ3n) is 3.35. The van der Waals surface area contributed by atoms with Crippen LogP contribution in [0.1, 0.15) is 12.5 Å². The first kappa shape index (κ1) is 13.5. The van der Waals surface area contributed by atoms with Gasteiger partial charge in [-0.2, -0.15) is 0 Å². The lowest BCUT2D eigenvalue weighted by Gasteiger charge is -2.16. The van der Waals surface area contributed by atoms with Gasteiger partial charge in [-0.25, -0.2) is 13.1 Å². The summed E-state index contributed by atoms with van der Waals surface area (Å²) in [5.74, 6) is 0.511. The molecule has 0 aliphatic carbocycles. The smallest absolute Gasteiger partial charge is 0.212 e. The molecule has 1 fully saturated rings. The van der Waals surface area contributed by atoms with Crippen LogP contribution in [0.15, 0.2) is 30.3 Å². The van der Waals surface area contributed by atoms with Gasteiger partial charge in [-0.1, -0.05) is 37.3 Å². The number of rotatable bonds is 5. The predicted octanol–water partition coefficient (Wildman–Crippen LogP) is 0.756. The van der Waals surface area contributed by atoms with Gasteiger partial charge >= 0.3 is 0 Å². The highest BCUT2D eigenvalue weighted by molar-refractivity contribution is 7.89. The highest BCUT2D eigenvalue weighted by atomic mass is 32.2. The number of sulfonamides is 1. The molecule has 2 atom stereocenters. The van der Waals surface area contributed by atoms with Gasteiger partial charge in [-0.15, -0.1) is 0 Å². The second-order valence-corrected chi connectivity index (χ2v) is 6.79. The molecular formula is C13H20N2O2S. The van der Waals surface area contributed by atoms with Crippen molar-refractivity contribution < 1.29 is 8.42 Å². The fourth-order valence-electron chi connectivity index (χ4n) is 2.15. The minimum Gasteiger partial charge on any atom is -0.315 e. The Morgan fingerprint density at radius 1 is 1.28 bits per heavy atom. The van der Waals surface area contributed by atoms with Crippen LogP contribution in [0, 0.1) is 5.92 Å². The molecule has 1 aromatic carbocycles. The summed E-state index contributed by atoms with van der Waals surface area (Å²) in [6.45, 7) is 3.67. The molecule has 0 saturated carbocycles. The first-order chi connectivity index (χ1) is 8.57. The van der Waals surface area contributed by atoms with Crippen LogP contribution in [0.4, 0.5) is 0 Å². The second-order valence-electron chi connectivity index (χ2n) is 4.91. The molecular weight excluding hydrogens is 248 g/mol. The van der Waals surface area contributed by atoms with Crippen molar-refractivity contribution in [1.29, 1.82) is 0 Å². The van der Waals surface area contributed by atoms with Crippen LogP contribution in [0.2, 0.25) is 0 Å². The Balaban J connectivity index is 1.88. The molecule has 0 amide bonds. The summed E-state index contributed by atoms with van der Waals surface area (Å²) in [5.41, 5.74) is 1.06. The minimum absolute atomic E-state index is 0.0331. The van der Waals surface area contributed by atoms with Gasteiger partial charge in [0.05, 0.1) is 5.75 Å². The molecule has 100 valence electrons. The van der Waals surface area contributed by atoms with Crippen LogP contribution in [-0.4, -0.2) is 33.3 Å². The van der Waals surface area contributed by atoms with Gasteiger partial charge < -0.3 is 5.32 Å². The molecule has 1 saturated heterocycles. The van der Waals surface area contributed by atoms with E-state index in [-0.39, 0.29) is 11.8 Å². The molecule has 18 heavy (non-hydrogen) atoms. The maximum Gasteiger partial charge on any atom is 0.212 e. The largest absolute Gasteiger partial charge is 0.315 e. The fraction of sp³-hybridized carbons (Fsp3) is 0.538. The molecule has 1 heterocycles. The molecule has 1 aliphatic rings. The Hall–Kier alpha value is -0.910. The molecule has 5 heteroatoms. The molecule has 1 aliphatic heterocycles. The Morgan fingerprint density at radius 3 is 2.61 bits per heavy atom. The first-order valence-electron chi connectivity index (χ1n) is 6.31. The van der Waals surface area contributed by atoms with E-state index in [1.807, 2.05) is 30.3 Å². The maximum atomic E-state index is 12.0. The van der Waals surface area contributed by atoms with E-state index >= 15 is 0 Å². The topological polar surface area (TPSA) is 58.2 Å². The van der Waals surface area contributed by atoms with Crippen LogP contribution in [-0.2, 0) is 16.4 Å². The average molecular weight is 268 g/mol. The molecule has 4 nitrogen and oxygen atoms in total. The van der Waals surface area contributed by atoms with Crippen molar-refractivity contribution in [3.8, 4) is 0 Å². The highest BCUT2D eigenvalue weighted by Gasteiger charge is 2.26. The molecule has 2 rings (SSSR count). The zero-order chi connectivity index (χ0) is 13.0. The van der Waals surface area contributed by atoms with Gasteiger partial charge in [0.2, 0.25) is 10.0 Å². The van der Waals surface area contributed by atoms with E-state index in [1.54, 1.807) is 0 Å². The molecule has 0 aromatic heterocycles. The van der Waals surface area contributed by atoms with Crippen LogP contribution in [0.3, 0.4) is 0 Å². The Bertz CT molecular complexity index is 473. The summed E-state index contributed by atoms with van der Waals surface area (Å²) in [7, 11) is -3.19. The lowest BCUT2D eigenvalue weighted by Crippen LogP contribution is -2.40. The highest BCUT2D eigenvalue weighted by Crippen LogP contribution is 2.09. The normalized spacial score (nSPS) is 24.3. The van der Waals surface area contributed by atoms with Gasteiger partial charge in [0.1, 0.15) is 0 Å².